The number of rotatable bonds is 8. The van der Waals surface area contributed by atoms with Crippen molar-refractivity contribution in [2.24, 2.45) is 13.0 Å². The Balaban J connectivity index is 1.73. The number of carbonyl (C=O) groups excluding carboxylic acids is 2. The zero-order valence-electron chi connectivity index (χ0n) is 18.7. The number of nitrogens with zero attached hydrogens (tertiary/aromatic N) is 2. The van der Waals surface area contributed by atoms with E-state index in [9.17, 15) is 9.59 Å². The Morgan fingerprint density at radius 3 is 2.56 bits per heavy atom. The smallest absolute Gasteiger partial charge is 0.407 e. The molecule has 2 aromatic heterocycles. The largest absolute Gasteiger partial charge is 0.450 e. The molecule has 0 bridgehead atoms. The van der Waals surface area contributed by atoms with E-state index in [0.29, 0.717) is 23.2 Å². The number of ketones is 1. The zero-order valence-corrected chi connectivity index (χ0v) is 20.3. The molecule has 0 fully saturated rings. The lowest BCUT2D eigenvalue weighted by molar-refractivity contribution is 0.0515. The van der Waals surface area contributed by atoms with E-state index in [0.717, 1.165) is 11.3 Å². The van der Waals surface area contributed by atoms with E-state index in [4.69, 9.17) is 9.15 Å². The van der Waals surface area contributed by atoms with Crippen LogP contribution in [0.2, 0.25) is 0 Å². The number of aromatic nitrogens is 2. The van der Waals surface area contributed by atoms with Crippen molar-refractivity contribution in [2.45, 2.75) is 39.2 Å². The third-order valence-electron chi connectivity index (χ3n) is 4.79. The summed E-state index contributed by atoms with van der Waals surface area (Å²) in [4.78, 5) is 25.2. The van der Waals surface area contributed by atoms with Crippen LogP contribution in [0, 0.1) is 5.92 Å². The molecule has 3 aromatic rings. The minimum absolute atomic E-state index is 0.124. The maximum Gasteiger partial charge on any atom is 0.407 e. The zero-order chi connectivity index (χ0) is 23.3. The molecule has 0 saturated carbocycles. The molecule has 170 valence electrons. The van der Waals surface area contributed by atoms with Gasteiger partial charge in [-0.3, -0.25) is 9.48 Å². The fraction of sp³-hybridized carbons (Fsp3) is 0.375. The molecule has 0 aliphatic rings. The second kappa shape index (κ2) is 10.2. The Bertz CT molecular complexity index is 1070. The van der Waals surface area contributed by atoms with Gasteiger partial charge in [0.25, 0.3) is 0 Å². The van der Waals surface area contributed by atoms with Crippen molar-refractivity contribution in [2.75, 3.05) is 6.54 Å². The monoisotopic (exact) mass is 501 g/mol. The van der Waals surface area contributed by atoms with E-state index in [1.54, 1.807) is 16.9 Å². The maximum absolute atomic E-state index is 13.1. The molecule has 1 amide bonds. The number of alkyl carbamates (subject to hydrolysis) is 1. The molecule has 1 atom stereocenters. The topological polar surface area (TPSA) is 86.4 Å². The van der Waals surface area contributed by atoms with Gasteiger partial charge in [-0.15, -0.1) is 0 Å². The Hall–Kier alpha value is -2.87. The second-order valence-electron chi connectivity index (χ2n) is 8.69. The van der Waals surface area contributed by atoms with Gasteiger partial charge in [0.05, 0.1) is 4.47 Å². The van der Waals surface area contributed by atoms with Crippen LogP contribution in [0.25, 0.3) is 11.5 Å². The number of nitrogens with one attached hydrogen (secondary N) is 1. The highest BCUT2D eigenvalue weighted by Gasteiger charge is 2.23. The lowest BCUT2D eigenvalue weighted by Crippen LogP contribution is -2.36. The van der Waals surface area contributed by atoms with Gasteiger partial charge in [0.2, 0.25) is 0 Å². The first-order valence-corrected chi connectivity index (χ1v) is 11.2. The highest BCUT2D eigenvalue weighted by molar-refractivity contribution is 9.10. The van der Waals surface area contributed by atoms with Crippen LogP contribution in [0.3, 0.4) is 0 Å². The summed E-state index contributed by atoms with van der Waals surface area (Å²) >= 11 is 3.48. The summed E-state index contributed by atoms with van der Waals surface area (Å²) < 4.78 is 13.6. The van der Waals surface area contributed by atoms with Crippen molar-refractivity contribution in [3.05, 3.63) is 64.5 Å². The minimum atomic E-state index is -0.586. The Kier molecular flexibility index (Phi) is 7.56. The molecule has 0 radical (unpaired) electrons. The number of aryl methyl sites for hydroxylation is 1. The average Bonchev–Trinajstić information content (AvgIpc) is 3.30. The van der Waals surface area contributed by atoms with Gasteiger partial charge in [0.1, 0.15) is 11.3 Å². The van der Waals surface area contributed by atoms with E-state index in [1.165, 1.54) is 0 Å². The molecule has 0 spiro atoms. The first kappa shape index (κ1) is 23.8. The Labute approximate surface area is 196 Å². The molecule has 2 heterocycles. The standard InChI is InChI=1S/C24H28BrN3O4/c1-24(2,3)32-23(30)26-15-17(12-16-8-6-5-7-9-16)13-20(29)21-14-18(25)22(31-21)19-10-11-27-28(19)4/h5-11,14,17H,12-13,15H2,1-4H3,(H,26,30). The molecular formula is C24H28BrN3O4. The summed E-state index contributed by atoms with van der Waals surface area (Å²) in [5.74, 6) is 0.565. The summed E-state index contributed by atoms with van der Waals surface area (Å²) in [6.07, 6.45) is 2.03. The summed E-state index contributed by atoms with van der Waals surface area (Å²) in [5.41, 5.74) is 1.27. The summed E-state index contributed by atoms with van der Waals surface area (Å²) in [6, 6.07) is 13.4. The molecule has 1 N–H and O–H groups in total. The lowest BCUT2D eigenvalue weighted by atomic mass is 9.93. The van der Waals surface area contributed by atoms with Crippen LogP contribution in [0.5, 0.6) is 0 Å². The Morgan fingerprint density at radius 2 is 1.94 bits per heavy atom. The molecule has 1 aromatic carbocycles. The van der Waals surface area contributed by atoms with Crippen LogP contribution in [-0.2, 0) is 18.2 Å². The van der Waals surface area contributed by atoms with Gasteiger partial charge in [0.15, 0.2) is 17.3 Å². The Morgan fingerprint density at radius 1 is 1.22 bits per heavy atom. The van der Waals surface area contributed by atoms with Gasteiger partial charge in [0, 0.05) is 32.3 Å². The van der Waals surface area contributed by atoms with Gasteiger partial charge < -0.3 is 14.5 Å². The van der Waals surface area contributed by atoms with Crippen molar-refractivity contribution in [1.82, 2.24) is 15.1 Å². The van der Waals surface area contributed by atoms with Crippen molar-refractivity contribution in [3.8, 4) is 11.5 Å². The van der Waals surface area contributed by atoms with Crippen LogP contribution in [0.15, 0.2) is 57.6 Å². The third kappa shape index (κ3) is 6.56. The van der Waals surface area contributed by atoms with E-state index in [1.807, 2.05) is 64.2 Å². The van der Waals surface area contributed by atoms with Crippen LogP contribution in [0.4, 0.5) is 4.79 Å². The SMILES string of the molecule is Cn1nccc1-c1oc(C(=O)CC(CNC(=O)OC(C)(C)C)Cc2ccccc2)cc1Br. The quantitative estimate of drug-likeness (QED) is 0.417. The van der Waals surface area contributed by atoms with Crippen molar-refractivity contribution >= 4 is 27.8 Å². The van der Waals surface area contributed by atoms with E-state index < -0.39 is 11.7 Å². The lowest BCUT2D eigenvalue weighted by Gasteiger charge is -2.22. The van der Waals surface area contributed by atoms with E-state index >= 15 is 0 Å². The van der Waals surface area contributed by atoms with Crippen LogP contribution in [0.1, 0.15) is 43.3 Å². The molecule has 0 aliphatic heterocycles. The summed E-state index contributed by atoms with van der Waals surface area (Å²) in [6.45, 7) is 5.75. The number of hydrogen-bond donors (Lipinski definition) is 1. The predicted molar refractivity (Wildman–Crippen MR) is 125 cm³/mol. The molecule has 0 aliphatic carbocycles. The minimum Gasteiger partial charge on any atom is -0.450 e. The van der Waals surface area contributed by atoms with Crippen molar-refractivity contribution in [1.29, 1.82) is 0 Å². The fourth-order valence-electron chi connectivity index (χ4n) is 3.35. The summed E-state index contributed by atoms with van der Waals surface area (Å²) in [7, 11) is 1.81. The molecule has 32 heavy (non-hydrogen) atoms. The molecule has 7 nitrogen and oxygen atoms in total. The van der Waals surface area contributed by atoms with Gasteiger partial charge in [-0.05, 0) is 60.7 Å². The van der Waals surface area contributed by atoms with Crippen molar-refractivity contribution in [3.63, 3.8) is 0 Å². The van der Waals surface area contributed by atoms with Gasteiger partial charge in [-0.2, -0.15) is 5.10 Å². The van der Waals surface area contributed by atoms with Gasteiger partial charge in [-0.25, -0.2) is 4.79 Å². The molecule has 3 rings (SSSR count). The number of halogens is 1. The van der Waals surface area contributed by atoms with Gasteiger partial charge in [-0.1, -0.05) is 30.3 Å². The highest BCUT2D eigenvalue weighted by atomic mass is 79.9. The summed E-state index contributed by atoms with van der Waals surface area (Å²) in [5, 5.41) is 6.95. The second-order valence-corrected chi connectivity index (χ2v) is 9.55. The number of hydrogen-bond acceptors (Lipinski definition) is 5. The number of benzene rings is 1. The van der Waals surface area contributed by atoms with Crippen molar-refractivity contribution < 1.29 is 18.7 Å². The molecule has 0 saturated heterocycles. The molecular weight excluding hydrogens is 474 g/mol. The van der Waals surface area contributed by atoms with Gasteiger partial charge >= 0.3 is 6.09 Å². The number of furan rings is 1. The van der Waals surface area contributed by atoms with E-state index in [2.05, 4.69) is 26.3 Å². The van der Waals surface area contributed by atoms with Crippen LogP contribution >= 0.6 is 15.9 Å². The number of ether oxygens (including phenoxy) is 1. The number of amides is 1. The van der Waals surface area contributed by atoms with Crippen LogP contribution in [-0.4, -0.2) is 33.8 Å². The average molecular weight is 502 g/mol. The maximum atomic E-state index is 13.1. The third-order valence-corrected chi connectivity index (χ3v) is 5.38. The number of Topliss-reactive ketones (excluding diaryl/α,β-unsaturated/α-hetero) is 1. The molecule has 8 heteroatoms. The normalized spacial score (nSPS) is 12.4. The first-order valence-electron chi connectivity index (χ1n) is 10.4. The predicted octanol–water partition coefficient (Wildman–Crippen LogP) is 5.40. The fourth-order valence-corrected chi connectivity index (χ4v) is 3.84. The number of carbonyl (C=O) groups is 2. The van der Waals surface area contributed by atoms with Crippen LogP contribution < -0.4 is 5.32 Å². The first-order chi connectivity index (χ1) is 15.1. The molecule has 1 unspecified atom stereocenters. The highest BCUT2D eigenvalue weighted by Crippen LogP contribution is 2.32. The van der Waals surface area contributed by atoms with E-state index in [-0.39, 0.29) is 23.9 Å².